The monoisotopic (exact) mass is 130 g/mol. The zero-order chi connectivity index (χ0) is 7.98. The van der Waals surface area contributed by atoms with Crippen LogP contribution in [0.15, 0.2) is 0 Å². The van der Waals surface area contributed by atoms with Crippen LogP contribution in [-0.2, 0) is 4.84 Å². The summed E-state index contributed by atoms with van der Waals surface area (Å²) in [5, 5.41) is 8.01. The Morgan fingerprint density at radius 1 is 2.11 bits per heavy atom. The molecule has 0 aliphatic rings. The zero-order valence-electron chi connectivity index (χ0n) is 5.63. The highest BCUT2D eigenvalue weighted by Gasteiger charge is 1.88. The highest BCUT2D eigenvalue weighted by Crippen LogP contribution is 1.73. The molecule has 5 heteroatoms. The van der Waals surface area contributed by atoms with Crippen LogP contribution in [0.25, 0.3) is 0 Å². The van der Waals surface area contributed by atoms with Gasteiger partial charge in [-0.1, -0.05) is 0 Å². The second kappa shape index (κ2) is 4.87. The predicted molar refractivity (Wildman–Crippen MR) is 28.9 cm³/mol. The summed E-state index contributed by atoms with van der Waals surface area (Å²) in [6, 6.07) is 0.807. The molecule has 0 radical (unpaired) electrons. The summed E-state index contributed by atoms with van der Waals surface area (Å²) in [6.07, 6.45) is -0.111. The number of nitrogens with one attached hydrogen (secondary N) is 1. The number of carbonyl (C=O) groups excluding carboxylic acids is 1. The molecule has 50 valence electrons. The summed E-state index contributed by atoms with van der Waals surface area (Å²) in [5.41, 5.74) is 6.33. The molecule has 0 fully saturated rings. The van der Waals surface area contributed by atoms with Crippen LogP contribution in [0.2, 0.25) is 0 Å². The van der Waals surface area contributed by atoms with E-state index in [0.29, 0.717) is 0 Å². The maximum atomic E-state index is 9.93. The van der Waals surface area contributed by atoms with Crippen LogP contribution in [-0.4, -0.2) is 12.6 Å². The van der Waals surface area contributed by atoms with Crippen LogP contribution in [0.3, 0.4) is 0 Å². The van der Waals surface area contributed by atoms with Crippen molar-refractivity contribution in [2.45, 2.75) is 6.42 Å². The number of nitrogens with zero attached hydrogens (tertiary/aromatic N) is 1. The Kier molecular flexibility index (Phi) is 3.16. The molecule has 0 spiro atoms. The highest BCUT2D eigenvalue weighted by atomic mass is 16.7. The van der Waals surface area contributed by atoms with Crippen molar-refractivity contribution in [2.75, 3.05) is 6.58 Å². The lowest BCUT2D eigenvalue weighted by molar-refractivity contribution is 0.0684. The van der Waals surface area contributed by atoms with Gasteiger partial charge in [-0.15, -0.1) is 0 Å². The molecule has 0 aromatic heterocycles. The highest BCUT2D eigenvalue weighted by molar-refractivity contribution is 5.70. The third kappa shape index (κ3) is 6.72. The van der Waals surface area contributed by atoms with Crippen LogP contribution in [0.1, 0.15) is 7.79 Å². The maximum absolute atomic E-state index is 9.93. The van der Waals surface area contributed by atoms with Gasteiger partial charge < -0.3 is 5.73 Å². The average Bonchev–Trinajstić information content (AvgIpc) is 1.85. The van der Waals surface area contributed by atoms with Gasteiger partial charge in [0.1, 0.15) is 0 Å². The second-order valence-corrected chi connectivity index (χ2v) is 1.11. The van der Waals surface area contributed by atoms with Gasteiger partial charge in [0.15, 0.2) is 0 Å². The van der Waals surface area contributed by atoms with E-state index in [0.717, 1.165) is 0 Å². The molecule has 0 aliphatic heterocycles. The van der Waals surface area contributed by atoms with Gasteiger partial charge >= 0.3 is 6.03 Å². The Bertz CT molecular complexity index is 155. The number of hydrogen-bond donors (Lipinski definition) is 2. The first-order valence-corrected chi connectivity index (χ1v) is 2.17. The van der Waals surface area contributed by atoms with E-state index in [9.17, 15) is 4.79 Å². The quantitative estimate of drug-likeness (QED) is 0.505. The molecule has 0 rings (SSSR count). The molecule has 0 saturated heterocycles. The third-order valence-corrected chi connectivity index (χ3v) is 0.417. The van der Waals surface area contributed by atoms with Gasteiger partial charge in [0.2, 0.25) is 0 Å². The van der Waals surface area contributed by atoms with Crippen molar-refractivity contribution in [1.82, 2.24) is 5.48 Å². The van der Waals surface area contributed by atoms with Gasteiger partial charge in [-0.05, 0) is 0 Å². The van der Waals surface area contributed by atoms with E-state index in [1.165, 1.54) is 0 Å². The Morgan fingerprint density at radius 3 is 3.22 bits per heavy atom. The van der Waals surface area contributed by atoms with E-state index in [1.54, 1.807) is 11.5 Å². The smallest absolute Gasteiger partial charge is 0.336 e. The number of amides is 2. The third-order valence-electron chi connectivity index (χ3n) is 0.417. The molecular formula is C4H7N3O2. The summed E-state index contributed by atoms with van der Waals surface area (Å²) in [6.45, 7) is -1.07. The molecule has 1 atom stereocenters. The molecule has 0 aliphatic carbocycles. The lowest BCUT2D eigenvalue weighted by atomic mass is 10.5. The summed E-state index contributed by atoms with van der Waals surface area (Å²) < 4.78 is 6.85. The van der Waals surface area contributed by atoms with E-state index >= 15 is 0 Å². The number of hydrogen-bond acceptors (Lipinski definition) is 3. The number of nitriles is 1. The fourth-order valence-corrected chi connectivity index (χ4v) is 0.179. The van der Waals surface area contributed by atoms with Crippen molar-refractivity contribution in [2.24, 2.45) is 5.73 Å². The van der Waals surface area contributed by atoms with Crippen molar-refractivity contribution >= 4 is 6.03 Å². The van der Waals surface area contributed by atoms with E-state index in [4.69, 9.17) is 6.63 Å². The van der Waals surface area contributed by atoms with E-state index in [2.05, 4.69) is 10.6 Å². The van der Waals surface area contributed by atoms with Gasteiger partial charge in [-0.3, -0.25) is 4.84 Å². The molecule has 0 aromatic rings. The SMILES string of the molecule is [2H]C(CC#N)ONC(N)=O. The Morgan fingerprint density at radius 2 is 2.78 bits per heavy atom. The summed E-state index contributed by atoms with van der Waals surface area (Å²) in [5.74, 6) is 0. The van der Waals surface area contributed by atoms with Crippen LogP contribution < -0.4 is 11.2 Å². The second-order valence-electron chi connectivity index (χ2n) is 1.11. The molecule has 9 heavy (non-hydrogen) atoms. The Hall–Kier alpha value is -1.28. The summed E-state index contributed by atoms with van der Waals surface area (Å²) >= 11 is 0. The van der Waals surface area contributed by atoms with Gasteiger partial charge in [-0.25, -0.2) is 10.3 Å². The van der Waals surface area contributed by atoms with Crippen molar-refractivity contribution in [1.29, 1.82) is 5.26 Å². The van der Waals surface area contributed by atoms with Crippen LogP contribution >= 0.6 is 0 Å². The normalized spacial score (nSPS) is 13.0. The first-order valence-electron chi connectivity index (χ1n) is 2.75. The molecule has 0 aromatic carbocycles. The van der Waals surface area contributed by atoms with Crippen molar-refractivity contribution < 1.29 is 11.0 Å². The minimum absolute atomic E-state index is 0.111. The first-order chi connectivity index (χ1) is 4.66. The first kappa shape index (κ1) is 5.85. The fraction of sp³-hybridized carbons (Fsp3) is 0.500. The maximum Gasteiger partial charge on any atom is 0.336 e. The van der Waals surface area contributed by atoms with Crippen LogP contribution in [0.4, 0.5) is 4.79 Å². The lowest BCUT2D eigenvalue weighted by Gasteiger charge is -1.96. The number of rotatable bonds is 3. The van der Waals surface area contributed by atoms with Crippen LogP contribution in [0.5, 0.6) is 0 Å². The molecule has 0 heterocycles. The van der Waals surface area contributed by atoms with Gasteiger partial charge in [-0.2, -0.15) is 5.26 Å². The van der Waals surface area contributed by atoms with Gasteiger partial charge in [0.25, 0.3) is 0 Å². The number of urea groups is 1. The Labute approximate surface area is 53.8 Å². The molecule has 5 nitrogen and oxygen atoms in total. The standard InChI is InChI=1S/C4H7N3O2/c5-2-1-3-9-7-4(6)8/h1,3H2,(H3,6,7,8)/i3D. The van der Waals surface area contributed by atoms with Gasteiger partial charge in [0, 0.05) is 0 Å². The minimum Gasteiger partial charge on any atom is -0.350 e. The molecular weight excluding hydrogens is 122 g/mol. The topological polar surface area (TPSA) is 88.1 Å². The number of nitrogens with two attached hydrogens (primary N) is 1. The van der Waals surface area contributed by atoms with E-state index < -0.39 is 12.6 Å². The Balaban J connectivity index is 3.32. The molecule has 1 unspecified atom stereocenters. The number of hydroxylamine groups is 1. The number of primary amides is 1. The van der Waals surface area contributed by atoms with E-state index in [1.807, 2.05) is 0 Å². The van der Waals surface area contributed by atoms with E-state index in [-0.39, 0.29) is 6.42 Å². The average molecular weight is 130 g/mol. The molecule has 2 amide bonds. The molecule has 3 N–H and O–H groups in total. The van der Waals surface area contributed by atoms with Crippen molar-refractivity contribution in [3.05, 3.63) is 0 Å². The predicted octanol–water partition coefficient (Wildman–Crippen LogP) is -0.500. The largest absolute Gasteiger partial charge is 0.350 e. The molecule has 0 bridgehead atoms. The van der Waals surface area contributed by atoms with Crippen molar-refractivity contribution in [3.8, 4) is 6.07 Å². The molecule has 0 saturated carbocycles. The number of carbonyl (C=O) groups is 1. The fourth-order valence-electron chi connectivity index (χ4n) is 0.179. The summed E-state index contributed by atoms with van der Waals surface area (Å²) in [7, 11) is 0. The minimum atomic E-state index is -1.07. The lowest BCUT2D eigenvalue weighted by Crippen LogP contribution is -2.29. The summed E-state index contributed by atoms with van der Waals surface area (Å²) in [4.78, 5) is 14.2. The van der Waals surface area contributed by atoms with Gasteiger partial charge in [0.05, 0.1) is 20.4 Å². The zero-order valence-corrected chi connectivity index (χ0v) is 4.63. The van der Waals surface area contributed by atoms with Crippen LogP contribution in [0, 0.1) is 11.3 Å². The van der Waals surface area contributed by atoms with Crippen molar-refractivity contribution in [3.63, 3.8) is 0 Å².